The molecular formula is C13H21NO2. The van der Waals surface area contributed by atoms with Crippen molar-refractivity contribution in [1.82, 2.24) is 0 Å². The number of aliphatic hydroxyl groups is 2. The van der Waals surface area contributed by atoms with Crippen LogP contribution in [0.4, 0.5) is 5.69 Å². The molecule has 16 heavy (non-hydrogen) atoms. The number of nitrogens with zero attached hydrogens (tertiary/aromatic N) is 1. The lowest BCUT2D eigenvalue weighted by molar-refractivity contribution is 0.282. The van der Waals surface area contributed by atoms with Crippen molar-refractivity contribution in [3.05, 3.63) is 29.3 Å². The van der Waals surface area contributed by atoms with E-state index in [2.05, 4.69) is 18.7 Å². The van der Waals surface area contributed by atoms with Crippen LogP contribution in [0.2, 0.25) is 0 Å². The van der Waals surface area contributed by atoms with Crippen molar-refractivity contribution in [2.45, 2.75) is 26.9 Å². The highest BCUT2D eigenvalue weighted by Crippen LogP contribution is 2.21. The van der Waals surface area contributed by atoms with Gasteiger partial charge >= 0.3 is 0 Å². The SMILES string of the molecule is CCN(CCCO)c1ccc(CO)cc1C. The normalized spacial score (nSPS) is 10.5. The van der Waals surface area contributed by atoms with E-state index in [0.717, 1.165) is 25.1 Å². The molecule has 2 N–H and O–H groups in total. The molecule has 1 aromatic carbocycles. The second-order valence-corrected chi connectivity index (χ2v) is 3.94. The van der Waals surface area contributed by atoms with E-state index in [4.69, 9.17) is 10.2 Å². The van der Waals surface area contributed by atoms with Crippen LogP contribution in [-0.4, -0.2) is 29.9 Å². The molecule has 0 saturated heterocycles. The van der Waals surface area contributed by atoms with Crippen LogP contribution in [0.1, 0.15) is 24.5 Å². The van der Waals surface area contributed by atoms with Crippen molar-refractivity contribution in [3.63, 3.8) is 0 Å². The molecule has 3 nitrogen and oxygen atoms in total. The first-order valence-electron chi connectivity index (χ1n) is 5.79. The summed E-state index contributed by atoms with van der Waals surface area (Å²) in [4.78, 5) is 2.24. The molecule has 0 unspecified atom stereocenters. The molecule has 0 fully saturated rings. The molecule has 0 aliphatic carbocycles. The highest BCUT2D eigenvalue weighted by atomic mass is 16.3. The van der Waals surface area contributed by atoms with E-state index in [1.54, 1.807) is 0 Å². The molecule has 1 aromatic rings. The summed E-state index contributed by atoms with van der Waals surface area (Å²) >= 11 is 0. The minimum Gasteiger partial charge on any atom is -0.396 e. The first kappa shape index (κ1) is 13.0. The number of rotatable bonds is 6. The van der Waals surface area contributed by atoms with Gasteiger partial charge in [0.2, 0.25) is 0 Å². The van der Waals surface area contributed by atoms with E-state index < -0.39 is 0 Å². The number of aliphatic hydroxyl groups excluding tert-OH is 2. The predicted octanol–water partition coefficient (Wildman–Crippen LogP) is 1.70. The van der Waals surface area contributed by atoms with Gasteiger partial charge in [0.25, 0.3) is 0 Å². The van der Waals surface area contributed by atoms with Gasteiger partial charge in [0.15, 0.2) is 0 Å². The van der Waals surface area contributed by atoms with Crippen LogP contribution >= 0.6 is 0 Å². The maximum Gasteiger partial charge on any atom is 0.0681 e. The number of hydrogen-bond donors (Lipinski definition) is 2. The van der Waals surface area contributed by atoms with Gasteiger partial charge < -0.3 is 15.1 Å². The van der Waals surface area contributed by atoms with Gasteiger partial charge in [-0.05, 0) is 37.5 Å². The van der Waals surface area contributed by atoms with Crippen LogP contribution in [0, 0.1) is 6.92 Å². The maximum atomic E-state index is 9.04. The molecule has 1 rings (SSSR count). The van der Waals surface area contributed by atoms with Crippen molar-refractivity contribution in [1.29, 1.82) is 0 Å². The van der Waals surface area contributed by atoms with Crippen LogP contribution in [0.5, 0.6) is 0 Å². The number of hydrogen-bond acceptors (Lipinski definition) is 3. The van der Waals surface area contributed by atoms with Gasteiger partial charge in [-0.1, -0.05) is 12.1 Å². The first-order chi connectivity index (χ1) is 7.72. The van der Waals surface area contributed by atoms with Gasteiger partial charge in [0, 0.05) is 25.4 Å². The summed E-state index contributed by atoms with van der Waals surface area (Å²) < 4.78 is 0. The second-order valence-electron chi connectivity index (χ2n) is 3.94. The monoisotopic (exact) mass is 223 g/mol. The summed E-state index contributed by atoms with van der Waals surface area (Å²) in [5.41, 5.74) is 3.30. The molecule has 0 aliphatic heterocycles. The van der Waals surface area contributed by atoms with Crippen molar-refractivity contribution in [2.75, 3.05) is 24.6 Å². The van der Waals surface area contributed by atoms with Crippen molar-refractivity contribution in [3.8, 4) is 0 Å². The highest BCUT2D eigenvalue weighted by Gasteiger charge is 2.07. The van der Waals surface area contributed by atoms with Crippen LogP contribution in [0.15, 0.2) is 18.2 Å². The zero-order chi connectivity index (χ0) is 12.0. The third kappa shape index (κ3) is 3.22. The molecule has 0 bridgehead atoms. The Labute approximate surface area is 97.3 Å². The third-order valence-corrected chi connectivity index (χ3v) is 2.75. The smallest absolute Gasteiger partial charge is 0.0681 e. The molecule has 0 saturated carbocycles. The minimum atomic E-state index is 0.0872. The van der Waals surface area contributed by atoms with Gasteiger partial charge in [-0.25, -0.2) is 0 Å². The Balaban J connectivity index is 2.83. The Bertz CT molecular complexity index is 326. The van der Waals surface area contributed by atoms with E-state index in [-0.39, 0.29) is 13.2 Å². The molecule has 90 valence electrons. The lowest BCUT2D eigenvalue weighted by Gasteiger charge is -2.25. The Hall–Kier alpha value is -1.06. The number of aryl methyl sites for hydroxylation is 1. The van der Waals surface area contributed by atoms with Crippen molar-refractivity contribution in [2.24, 2.45) is 0 Å². The Morgan fingerprint density at radius 3 is 2.50 bits per heavy atom. The summed E-state index contributed by atoms with van der Waals surface area (Å²) in [6.45, 7) is 6.27. The fourth-order valence-electron chi connectivity index (χ4n) is 1.88. The number of anilines is 1. The Morgan fingerprint density at radius 2 is 2.00 bits per heavy atom. The quantitative estimate of drug-likeness (QED) is 0.771. The average molecular weight is 223 g/mol. The van der Waals surface area contributed by atoms with E-state index >= 15 is 0 Å². The molecule has 0 heterocycles. The summed E-state index contributed by atoms with van der Waals surface area (Å²) in [6, 6.07) is 6.00. The van der Waals surface area contributed by atoms with E-state index in [1.807, 2.05) is 18.2 Å². The van der Waals surface area contributed by atoms with Gasteiger partial charge in [0.05, 0.1) is 6.61 Å². The van der Waals surface area contributed by atoms with Crippen LogP contribution < -0.4 is 4.90 Å². The summed E-state index contributed by atoms with van der Waals surface area (Å²) in [6.07, 6.45) is 0.787. The third-order valence-electron chi connectivity index (χ3n) is 2.75. The van der Waals surface area contributed by atoms with Crippen molar-refractivity contribution >= 4 is 5.69 Å². The molecule has 0 aromatic heterocycles. The van der Waals surface area contributed by atoms with Gasteiger partial charge in [-0.15, -0.1) is 0 Å². The molecule has 0 atom stereocenters. The van der Waals surface area contributed by atoms with E-state index in [9.17, 15) is 0 Å². The standard InChI is InChI=1S/C13H21NO2/c1-3-14(7-4-8-15)13-6-5-12(10-16)9-11(13)2/h5-6,9,15-16H,3-4,7-8,10H2,1-2H3. The summed E-state index contributed by atoms with van der Waals surface area (Å²) in [7, 11) is 0. The van der Waals surface area contributed by atoms with Gasteiger partial charge in [0.1, 0.15) is 0 Å². The zero-order valence-electron chi connectivity index (χ0n) is 10.1. The average Bonchev–Trinajstić information content (AvgIpc) is 2.31. The van der Waals surface area contributed by atoms with E-state index in [1.165, 1.54) is 11.3 Å². The predicted molar refractivity (Wildman–Crippen MR) is 66.7 cm³/mol. The van der Waals surface area contributed by atoms with Crippen LogP contribution in [0.25, 0.3) is 0 Å². The second kappa shape index (κ2) is 6.51. The fourth-order valence-corrected chi connectivity index (χ4v) is 1.88. The number of benzene rings is 1. The summed E-state index contributed by atoms with van der Waals surface area (Å²) in [5, 5.41) is 17.9. The van der Waals surface area contributed by atoms with Crippen molar-refractivity contribution < 1.29 is 10.2 Å². The molecule has 0 aliphatic rings. The van der Waals surface area contributed by atoms with Gasteiger partial charge in [-0.2, -0.15) is 0 Å². The topological polar surface area (TPSA) is 43.7 Å². The maximum absolute atomic E-state index is 9.04. The lowest BCUT2D eigenvalue weighted by Crippen LogP contribution is -2.25. The summed E-state index contributed by atoms with van der Waals surface area (Å²) in [5.74, 6) is 0. The molecule has 0 spiro atoms. The Kier molecular flexibility index (Phi) is 5.29. The lowest BCUT2D eigenvalue weighted by atomic mass is 10.1. The molecule has 0 amide bonds. The largest absolute Gasteiger partial charge is 0.396 e. The van der Waals surface area contributed by atoms with Gasteiger partial charge in [-0.3, -0.25) is 0 Å². The molecule has 0 radical (unpaired) electrons. The molecule has 3 heteroatoms. The zero-order valence-corrected chi connectivity index (χ0v) is 10.1. The first-order valence-corrected chi connectivity index (χ1v) is 5.79. The molecular weight excluding hydrogens is 202 g/mol. The van der Waals surface area contributed by atoms with Crippen LogP contribution in [-0.2, 0) is 6.61 Å². The minimum absolute atomic E-state index is 0.0872. The van der Waals surface area contributed by atoms with E-state index in [0.29, 0.717) is 0 Å². The van der Waals surface area contributed by atoms with Crippen LogP contribution in [0.3, 0.4) is 0 Å². The highest BCUT2D eigenvalue weighted by molar-refractivity contribution is 5.54. The fraction of sp³-hybridized carbons (Fsp3) is 0.538. The Morgan fingerprint density at radius 1 is 1.25 bits per heavy atom.